The normalized spacial score (nSPS) is 13.3. The molecule has 0 aliphatic heterocycles. The first-order valence-electron chi connectivity index (χ1n) is 6.05. The number of nitrogens with one attached hydrogen (secondary N) is 1. The van der Waals surface area contributed by atoms with E-state index in [1.165, 1.54) is 5.56 Å². The first-order chi connectivity index (χ1) is 8.71. The van der Waals surface area contributed by atoms with Gasteiger partial charge in [-0.25, -0.2) is 0 Å². The van der Waals surface area contributed by atoms with E-state index in [1.807, 2.05) is 25.1 Å². The fourth-order valence-corrected chi connectivity index (χ4v) is 1.75. The van der Waals surface area contributed by atoms with Gasteiger partial charge in [-0.1, -0.05) is 24.2 Å². The lowest BCUT2D eigenvalue weighted by atomic mass is 10.1. The summed E-state index contributed by atoms with van der Waals surface area (Å²) in [6.07, 6.45) is 1.65. The Kier molecular flexibility index (Phi) is 6.00. The van der Waals surface area contributed by atoms with Crippen LogP contribution in [-0.2, 0) is 6.42 Å². The fraction of sp³-hybridized carbons (Fsp3) is 0.462. The number of hydrogen-bond acceptors (Lipinski definition) is 4. The van der Waals surface area contributed by atoms with Gasteiger partial charge in [-0.2, -0.15) is 0 Å². The number of ether oxygens (including phenoxy) is 1. The Hall–Kier alpha value is -1.75. The van der Waals surface area contributed by atoms with Crippen molar-refractivity contribution >= 4 is 5.84 Å². The number of oxime groups is 1. The molecule has 0 fully saturated rings. The van der Waals surface area contributed by atoms with Gasteiger partial charge in [0.2, 0.25) is 0 Å². The molecule has 0 radical (unpaired) electrons. The molecule has 5 nitrogen and oxygen atoms in total. The highest BCUT2D eigenvalue weighted by atomic mass is 16.5. The van der Waals surface area contributed by atoms with Crippen molar-refractivity contribution in [3.63, 3.8) is 0 Å². The molecule has 5 heteroatoms. The lowest BCUT2D eigenvalue weighted by Crippen LogP contribution is -2.41. The Bertz CT molecular complexity index is 394. The zero-order valence-corrected chi connectivity index (χ0v) is 10.9. The first-order valence-corrected chi connectivity index (χ1v) is 6.05. The van der Waals surface area contributed by atoms with Crippen LogP contribution in [0.2, 0.25) is 0 Å². The molecule has 1 aromatic carbocycles. The molecular weight excluding hydrogens is 230 g/mol. The Balaban J connectivity index is 2.45. The van der Waals surface area contributed by atoms with Crippen molar-refractivity contribution in [1.29, 1.82) is 0 Å². The van der Waals surface area contributed by atoms with E-state index < -0.39 is 0 Å². The van der Waals surface area contributed by atoms with Gasteiger partial charge in [0, 0.05) is 0 Å². The maximum Gasteiger partial charge on any atom is 0.156 e. The molecule has 0 heterocycles. The van der Waals surface area contributed by atoms with E-state index in [0.29, 0.717) is 0 Å². The van der Waals surface area contributed by atoms with Gasteiger partial charge in [0.25, 0.3) is 0 Å². The topological polar surface area (TPSA) is 79.9 Å². The van der Waals surface area contributed by atoms with E-state index in [0.717, 1.165) is 25.1 Å². The van der Waals surface area contributed by atoms with Crippen LogP contribution in [0.5, 0.6) is 5.75 Å². The maximum absolute atomic E-state index is 8.63. The monoisotopic (exact) mass is 251 g/mol. The molecule has 0 saturated heterocycles. The summed E-state index contributed by atoms with van der Waals surface area (Å²) in [7, 11) is 1.66. The summed E-state index contributed by atoms with van der Waals surface area (Å²) in [5.74, 6) is 1.08. The van der Waals surface area contributed by atoms with Gasteiger partial charge in [-0.15, -0.1) is 0 Å². The van der Waals surface area contributed by atoms with Crippen molar-refractivity contribution in [3.05, 3.63) is 29.8 Å². The van der Waals surface area contributed by atoms with Crippen molar-refractivity contribution in [2.45, 2.75) is 25.8 Å². The Morgan fingerprint density at radius 1 is 1.56 bits per heavy atom. The summed E-state index contributed by atoms with van der Waals surface area (Å²) < 4.78 is 5.17. The summed E-state index contributed by atoms with van der Waals surface area (Å²) in [6, 6.07) is 7.86. The second-order valence-electron chi connectivity index (χ2n) is 4.04. The molecule has 0 saturated carbocycles. The van der Waals surface area contributed by atoms with Gasteiger partial charge in [-0.3, -0.25) is 0 Å². The van der Waals surface area contributed by atoms with Crippen molar-refractivity contribution in [2.24, 2.45) is 10.9 Å². The van der Waals surface area contributed by atoms with E-state index in [-0.39, 0.29) is 11.9 Å². The summed E-state index contributed by atoms with van der Waals surface area (Å²) >= 11 is 0. The molecule has 1 aromatic rings. The van der Waals surface area contributed by atoms with Crippen LogP contribution in [0.25, 0.3) is 0 Å². The van der Waals surface area contributed by atoms with Crippen LogP contribution in [0.4, 0.5) is 0 Å². The minimum Gasteiger partial charge on any atom is -0.497 e. The van der Waals surface area contributed by atoms with Crippen LogP contribution in [0.1, 0.15) is 18.9 Å². The average Bonchev–Trinajstić information content (AvgIpc) is 2.43. The number of rotatable bonds is 7. The number of hydrogen-bond donors (Lipinski definition) is 3. The third kappa shape index (κ3) is 4.25. The van der Waals surface area contributed by atoms with E-state index in [1.54, 1.807) is 7.11 Å². The number of nitrogens with zero attached hydrogens (tertiary/aromatic N) is 1. The minimum atomic E-state index is -0.0828. The molecule has 0 amide bonds. The van der Waals surface area contributed by atoms with E-state index in [9.17, 15) is 0 Å². The number of benzene rings is 1. The Morgan fingerprint density at radius 3 is 2.94 bits per heavy atom. The molecule has 0 aromatic heterocycles. The molecular formula is C13H21N3O2. The number of nitrogens with two attached hydrogens (primary N) is 1. The molecule has 1 rings (SSSR count). The van der Waals surface area contributed by atoms with E-state index in [4.69, 9.17) is 15.7 Å². The van der Waals surface area contributed by atoms with Crippen molar-refractivity contribution in [1.82, 2.24) is 5.32 Å². The molecule has 1 unspecified atom stereocenters. The second kappa shape index (κ2) is 7.55. The molecule has 0 aliphatic carbocycles. The van der Waals surface area contributed by atoms with Gasteiger partial charge in [-0.05, 0) is 37.1 Å². The fourth-order valence-electron chi connectivity index (χ4n) is 1.75. The molecule has 0 aliphatic rings. The summed E-state index contributed by atoms with van der Waals surface area (Å²) in [5.41, 5.74) is 6.76. The SMILES string of the molecule is CCC(NCCc1cccc(OC)c1)/C(N)=N/O. The van der Waals surface area contributed by atoms with Crippen LogP contribution in [-0.4, -0.2) is 30.7 Å². The smallest absolute Gasteiger partial charge is 0.156 e. The number of amidine groups is 1. The van der Waals surface area contributed by atoms with Crippen molar-refractivity contribution in [3.8, 4) is 5.75 Å². The zero-order valence-electron chi connectivity index (χ0n) is 10.9. The van der Waals surface area contributed by atoms with Gasteiger partial charge in [0.15, 0.2) is 5.84 Å². The quantitative estimate of drug-likeness (QED) is 0.296. The second-order valence-corrected chi connectivity index (χ2v) is 4.04. The third-order valence-electron chi connectivity index (χ3n) is 2.82. The van der Waals surface area contributed by atoms with E-state index >= 15 is 0 Å². The van der Waals surface area contributed by atoms with Crippen LogP contribution < -0.4 is 15.8 Å². The van der Waals surface area contributed by atoms with E-state index in [2.05, 4.69) is 16.5 Å². The predicted molar refractivity (Wildman–Crippen MR) is 72.2 cm³/mol. The summed E-state index contributed by atoms with van der Waals surface area (Å²) in [4.78, 5) is 0. The van der Waals surface area contributed by atoms with Gasteiger partial charge in [0.05, 0.1) is 13.2 Å². The molecule has 18 heavy (non-hydrogen) atoms. The maximum atomic E-state index is 8.63. The van der Waals surface area contributed by atoms with Crippen LogP contribution in [0, 0.1) is 0 Å². The highest BCUT2D eigenvalue weighted by Crippen LogP contribution is 2.12. The lowest BCUT2D eigenvalue weighted by molar-refractivity contribution is 0.314. The largest absolute Gasteiger partial charge is 0.497 e. The number of methoxy groups -OCH3 is 1. The molecule has 100 valence electrons. The summed E-state index contributed by atoms with van der Waals surface area (Å²) in [5, 5.41) is 14.9. The Morgan fingerprint density at radius 2 is 2.33 bits per heavy atom. The molecule has 0 bridgehead atoms. The van der Waals surface area contributed by atoms with Gasteiger partial charge in [0.1, 0.15) is 5.75 Å². The molecule has 0 spiro atoms. The lowest BCUT2D eigenvalue weighted by Gasteiger charge is -2.15. The predicted octanol–water partition coefficient (Wildman–Crippen LogP) is 1.35. The third-order valence-corrected chi connectivity index (χ3v) is 2.82. The van der Waals surface area contributed by atoms with Crippen molar-refractivity contribution in [2.75, 3.05) is 13.7 Å². The average molecular weight is 251 g/mol. The molecule has 4 N–H and O–H groups in total. The first kappa shape index (κ1) is 14.3. The highest BCUT2D eigenvalue weighted by molar-refractivity contribution is 5.85. The van der Waals surface area contributed by atoms with Crippen LogP contribution in [0.3, 0.4) is 0 Å². The summed E-state index contributed by atoms with van der Waals surface area (Å²) in [6.45, 7) is 2.75. The molecule has 1 atom stereocenters. The van der Waals surface area contributed by atoms with Crippen LogP contribution in [0.15, 0.2) is 29.4 Å². The van der Waals surface area contributed by atoms with Crippen molar-refractivity contribution < 1.29 is 9.94 Å². The zero-order chi connectivity index (χ0) is 13.4. The highest BCUT2D eigenvalue weighted by Gasteiger charge is 2.10. The minimum absolute atomic E-state index is 0.0828. The van der Waals surface area contributed by atoms with Crippen LogP contribution >= 0.6 is 0 Å². The van der Waals surface area contributed by atoms with Gasteiger partial charge >= 0.3 is 0 Å². The van der Waals surface area contributed by atoms with Gasteiger partial charge < -0.3 is 21.0 Å². The Labute approximate surface area is 108 Å². The standard InChI is InChI=1S/C13H21N3O2/c1-3-12(13(14)16-17)15-8-7-10-5-4-6-11(9-10)18-2/h4-6,9,12,15,17H,3,7-8H2,1-2H3,(H2,14,16).